The standard InChI is InChI=1S/C17H29N5O2S.HI/c1-18-17(19-10-11-20-25(2,23)24)21-16-8-12-22(13-9-16)14-15-6-4-3-5-7-15;/h3-7,16,20H,8-14H2,1-2H3,(H2,18,19,21);1H. The van der Waals surface area contributed by atoms with Crippen LogP contribution in [0, 0.1) is 0 Å². The molecule has 3 N–H and O–H groups in total. The number of nitrogens with zero attached hydrogens (tertiary/aromatic N) is 2. The maximum absolute atomic E-state index is 11.0. The van der Waals surface area contributed by atoms with Gasteiger partial charge in [-0.25, -0.2) is 13.1 Å². The Hall–Kier alpha value is -0.910. The van der Waals surface area contributed by atoms with Crippen LogP contribution >= 0.6 is 24.0 Å². The lowest BCUT2D eigenvalue weighted by Gasteiger charge is -2.33. The molecule has 0 radical (unpaired) electrons. The first-order valence-electron chi connectivity index (χ1n) is 8.64. The predicted octanol–water partition coefficient (Wildman–Crippen LogP) is 0.983. The number of halogens is 1. The Bertz CT molecular complexity index is 646. The molecule has 0 amide bonds. The lowest BCUT2D eigenvalue weighted by Crippen LogP contribution is -2.49. The van der Waals surface area contributed by atoms with Gasteiger partial charge in [0.25, 0.3) is 0 Å². The van der Waals surface area contributed by atoms with Gasteiger partial charge in [-0.2, -0.15) is 0 Å². The molecule has 1 fully saturated rings. The van der Waals surface area contributed by atoms with Gasteiger partial charge in [0.15, 0.2) is 5.96 Å². The third-order valence-electron chi connectivity index (χ3n) is 4.18. The zero-order chi connectivity index (χ0) is 18.1. The van der Waals surface area contributed by atoms with E-state index < -0.39 is 10.0 Å². The van der Waals surface area contributed by atoms with E-state index in [2.05, 4.69) is 49.5 Å². The summed E-state index contributed by atoms with van der Waals surface area (Å²) in [6.07, 6.45) is 3.29. The van der Waals surface area contributed by atoms with Crippen LogP contribution in [0.3, 0.4) is 0 Å². The van der Waals surface area contributed by atoms with Crippen molar-refractivity contribution in [3.63, 3.8) is 0 Å². The fourth-order valence-electron chi connectivity index (χ4n) is 2.88. The van der Waals surface area contributed by atoms with Gasteiger partial charge in [0, 0.05) is 45.8 Å². The van der Waals surface area contributed by atoms with Crippen molar-refractivity contribution in [1.82, 2.24) is 20.3 Å². The Kier molecular flexibility index (Phi) is 10.4. The molecule has 9 heteroatoms. The van der Waals surface area contributed by atoms with Crippen LogP contribution < -0.4 is 15.4 Å². The SMILES string of the molecule is CN=C(NCCNS(C)(=O)=O)NC1CCN(Cc2ccccc2)CC1.I. The highest BCUT2D eigenvalue weighted by Gasteiger charge is 2.19. The van der Waals surface area contributed by atoms with Crippen molar-refractivity contribution in [2.24, 2.45) is 4.99 Å². The van der Waals surface area contributed by atoms with Crippen molar-refractivity contribution in [1.29, 1.82) is 0 Å². The zero-order valence-corrected chi connectivity index (χ0v) is 18.6. The summed E-state index contributed by atoms with van der Waals surface area (Å²) in [5.74, 6) is 0.719. The minimum atomic E-state index is -3.14. The number of piperidine rings is 1. The highest BCUT2D eigenvalue weighted by molar-refractivity contribution is 14.0. The molecule has 2 rings (SSSR count). The van der Waals surface area contributed by atoms with Crippen LogP contribution in [0.1, 0.15) is 18.4 Å². The third-order valence-corrected chi connectivity index (χ3v) is 4.91. The number of benzene rings is 1. The fraction of sp³-hybridized carbons (Fsp3) is 0.588. The third kappa shape index (κ3) is 9.15. The van der Waals surface area contributed by atoms with Crippen molar-refractivity contribution in [3.8, 4) is 0 Å². The van der Waals surface area contributed by atoms with Crippen LogP contribution in [-0.2, 0) is 16.6 Å². The van der Waals surface area contributed by atoms with E-state index in [4.69, 9.17) is 0 Å². The highest BCUT2D eigenvalue weighted by Crippen LogP contribution is 2.13. The van der Waals surface area contributed by atoms with Gasteiger partial charge in [-0.05, 0) is 18.4 Å². The first-order valence-corrected chi connectivity index (χ1v) is 10.5. The van der Waals surface area contributed by atoms with Gasteiger partial charge in [0.1, 0.15) is 0 Å². The monoisotopic (exact) mass is 495 g/mol. The normalized spacial score (nSPS) is 16.8. The van der Waals surface area contributed by atoms with Gasteiger partial charge < -0.3 is 10.6 Å². The Balaban J connectivity index is 0.00000338. The molecule has 0 bridgehead atoms. The molecule has 1 aromatic carbocycles. The lowest BCUT2D eigenvalue weighted by atomic mass is 10.0. The average Bonchev–Trinajstić information content (AvgIpc) is 2.59. The molecule has 148 valence electrons. The molecule has 1 saturated heterocycles. The molecule has 0 saturated carbocycles. The second-order valence-electron chi connectivity index (χ2n) is 6.35. The Morgan fingerprint density at radius 1 is 1.19 bits per heavy atom. The van der Waals surface area contributed by atoms with Gasteiger partial charge in [-0.1, -0.05) is 30.3 Å². The van der Waals surface area contributed by atoms with Crippen LogP contribution in [0.5, 0.6) is 0 Å². The van der Waals surface area contributed by atoms with E-state index in [1.165, 1.54) is 5.56 Å². The average molecular weight is 495 g/mol. The number of nitrogens with one attached hydrogen (secondary N) is 3. The number of sulfonamides is 1. The summed E-state index contributed by atoms with van der Waals surface area (Å²) in [4.78, 5) is 6.68. The van der Waals surface area contributed by atoms with E-state index in [1.807, 2.05) is 6.07 Å². The maximum atomic E-state index is 11.0. The van der Waals surface area contributed by atoms with E-state index in [0.717, 1.165) is 44.7 Å². The van der Waals surface area contributed by atoms with Crippen LogP contribution in [0.2, 0.25) is 0 Å². The molecule has 0 aromatic heterocycles. The summed E-state index contributed by atoms with van der Waals surface area (Å²) >= 11 is 0. The van der Waals surface area contributed by atoms with Crippen LogP contribution in [0.4, 0.5) is 0 Å². The summed E-state index contributed by atoms with van der Waals surface area (Å²) in [5.41, 5.74) is 1.35. The van der Waals surface area contributed by atoms with Crippen molar-refractivity contribution in [2.75, 3.05) is 39.5 Å². The quantitative estimate of drug-likeness (QED) is 0.227. The molecule has 1 aromatic rings. The summed E-state index contributed by atoms with van der Waals surface area (Å²) < 4.78 is 24.5. The van der Waals surface area contributed by atoms with E-state index in [0.29, 0.717) is 19.1 Å². The van der Waals surface area contributed by atoms with Crippen molar-refractivity contribution in [2.45, 2.75) is 25.4 Å². The predicted molar refractivity (Wildman–Crippen MR) is 117 cm³/mol. The van der Waals surface area contributed by atoms with Crippen LogP contribution in [0.25, 0.3) is 0 Å². The molecule has 7 nitrogen and oxygen atoms in total. The van der Waals surface area contributed by atoms with Gasteiger partial charge >= 0.3 is 0 Å². The number of aliphatic imine (C=N–C) groups is 1. The van der Waals surface area contributed by atoms with E-state index in [9.17, 15) is 8.42 Å². The number of guanidine groups is 1. The van der Waals surface area contributed by atoms with Gasteiger partial charge in [-0.3, -0.25) is 9.89 Å². The molecule has 0 aliphatic carbocycles. The maximum Gasteiger partial charge on any atom is 0.208 e. The molecular weight excluding hydrogens is 465 g/mol. The second kappa shape index (κ2) is 11.7. The zero-order valence-electron chi connectivity index (χ0n) is 15.4. The van der Waals surface area contributed by atoms with Gasteiger partial charge in [0.05, 0.1) is 6.26 Å². The minimum Gasteiger partial charge on any atom is -0.355 e. The molecule has 1 heterocycles. The fourth-order valence-corrected chi connectivity index (χ4v) is 3.36. The van der Waals surface area contributed by atoms with Gasteiger partial charge in [0.2, 0.25) is 10.0 Å². The number of likely N-dealkylation sites (tertiary alicyclic amines) is 1. The van der Waals surface area contributed by atoms with Crippen molar-refractivity contribution in [3.05, 3.63) is 35.9 Å². The van der Waals surface area contributed by atoms with Crippen LogP contribution in [0.15, 0.2) is 35.3 Å². The Morgan fingerprint density at radius 3 is 2.42 bits per heavy atom. The summed E-state index contributed by atoms with van der Waals surface area (Å²) in [5, 5.41) is 6.56. The molecule has 1 aliphatic rings. The highest BCUT2D eigenvalue weighted by atomic mass is 127. The number of rotatable bonds is 7. The van der Waals surface area contributed by atoms with E-state index in [-0.39, 0.29) is 24.0 Å². The molecule has 0 atom stereocenters. The number of hydrogen-bond donors (Lipinski definition) is 3. The lowest BCUT2D eigenvalue weighted by molar-refractivity contribution is 0.198. The summed E-state index contributed by atoms with van der Waals surface area (Å²) in [6, 6.07) is 10.9. The molecular formula is C17H30IN5O2S. The minimum absolute atomic E-state index is 0. The van der Waals surface area contributed by atoms with Gasteiger partial charge in [-0.15, -0.1) is 24.0 Å². The van der Waals surface area contributed by atoms with Crippen molar-refractivity contribution >= 4 is 40.0 Å². The Morgan fingerprint density at radius 2 is 1.85 bits per heavy atom. The van der Waals surface area contributed by atoms with E-state index in [1.54, 1.807) is 7.05 Å². The first kappa shape index (κ1) is 23.1. The largest absolute Gasteiger partial charge is 0.355 e. The number of hydrogen-bond acceptors (Lipinski definition) is 4. The molecule has 26 heavy (non-hydrogen) atoms. The van der Waals surface area contributed by atoms with E-state index >= 15 is 0 Å². The first-order chi connectivity index (χ1) is 12.0. The Labute approximate surface area is 174 Å². The van der Waals surface area contributed by atoms with Crippen LogP contribution in [-0.4, -0.2) is 64.8 Å². The topological polar surface area (TPSA) is 85.8 Å². The molecule has 0 unspecified atom stereocenters. The summed E-state index contributed by atoms with van der Waals surface area (Å²) in [6.45, 7) is 3.95. The smallest absolute Gasteiger partial charge is 0.208 e. The molecule has 0 spiro atoms. The second-order valence-corrected chi connectivity index (χ2v) is 8.18. The van der Waals surface area contributed by atoms with Crippen molar-refractivity contribution < 1.29 is 8.42 Å². The summed E-state index contributed by atoms with van der Waals surface area (Å²) in [7, 11) is -1.42. The molecule has 1 aliphatic heterocycles.